The number of anilines is 2. The number of carbonyl (C=O) groups excluding carboxylic acids is 2. The smallest absolute Gasteiger partial charge is 0.264 e. The normalized spacial score (nSPS) is 12.8. The van der Waals surface area contributed by atoms with Crippen molar-refractivity contribution in [2.24, 2.45) is 0 Å². The summed E-state index contributed by atoms with van der Waals surface area (Å²) in [6.45, 7) is -0.217. The lowest BCUT2D eigenvalue weighted by molar-refractivity contribution is -0.118. The number of fused-ring (bicyclic) bond motifs is 1. The highest BCUT2D eigenvalue weighted by molar-refractivity contribution is 7.14. The first-order valence-electron chi connectivity index (χ1n) is 8.74. The van der Waals surface area contributed by atoms with Gasteiger partial charge in [0.25, 0.3) is 5.91 Å². The van der Waals surface area contributed by atoms with Crippen LogP contribution in [0.15, 0.2) is 41.8 Å². The van der Waals surface area contributed by atoms with Gasteiger partial charge in [-0.3, -0.25) is 14.9 Å². The van der Waals surface area contributed by atoms with Crippen molar-refractivity contribution >= 4 is 34.0 Å². The van der Waals surface area contributed by atoms with E-state index in [2.05, 4.69) is 15.6 Å². The van der Waals surface area contributed by atoms with Crippen LogP contribution < -0.4 is 15.4 Å². The van der Waals surface area contributed by atoms with E-state index in [-0.39, 0.29) is 12.5 Å². The molecule has 0 saturated carbocycles. The van der Waals surface area contributed by atoms with Gasteiger partial charge in [-0.15, -0.1) is 11.3 Å². The minimum Gasteiger partial charge on any atom is -0.484 e. The van der Waals surface area contributed by atoms with Crippen LogP contribution in [0.2, 0.25) is 0 Å². The number of hydrogen-bond donors (Lipinski definition) is 2. The quantitative estimate of drug-likeness (QED) is 0.660. The molecule has 0 aliphatic carbocycles. The van der Waals surface area contributed by atoms with Crippen LogP contribution in [0.25, 0.3) is 11.3 Å². The molecule has 0 unspecified atom stereocenters. The molecule has 0 radical (unpaired) electrons. The number of benzene rings is 2. The van der Waals surface area contributed by atoms with E-state index in [1.54, 1.807) is 23.6 Å². The van der Waals surface area contributed by atoms with Crippen molar-refractivity contribution in [3.05, 3.63) is 59.0 Å². The minimum atomic E-state index is -0.959. The number of halogens is 2. The van der Waals surface area contributed by atoms with Crippen LogP contribution in [0.5, 0.6) is 5.75 Å². The molecule has 0 atom stereocenters. The number of nitrogens with zero attached hydrogens (tertiary/aromatic N) is 1. The summed E-state index contributed by atoms with van der Waals surface area (Å²) in [4.78, 5) is 27.7. The number of carbonyl (C=O) groups is 2. The Hall–Kier alpha value is -3.33. The largest absolute Gasteiger partial charge is 0.484 e. The van der Waals surface area contributed by atoms with Crippen molar-refractivity contribution in [2.75, 3.05) is 17.2 Å². The summed E-state index contributed by atoms with van der Waals surface area (Å²) in [5.74, 6) is -1.78. The second-order valence-corrected chi connectivity index (χ2v) is 7.23. The lowest BCUT2D eigenvalue weighted by Gasteiger charge is -2.17. The highest BCUT2D eigenvalue weighted by Gasteiger charge is 2.16. The predicted octanol–water partition coefficient (Wildman–Crippen LogP) is 3.99. The maximum atomic E-state index is 13.4. The van der Waals surface area contributed by atoms with Crippen LogP contribution in [-0.4, -0.2) is 23.4 Å². The first kappa shape index (κ1) is 19.0. The Labute approximate surface area is 168 Å². The lowest BCUT2D eigenvalue weighted by Crippen LogP contribution is -2.21. The molecule has 0 fully saturated rings. The van der Waals surface area contributed by atoms with Crippen molar-refractivity contribution in [1.29, 1.82) is 0 Å². The van der Waals surface area contributed by atoms with Crippen molar-refractivity contribution in [2.45, 2.75) is 12.8 Å². The van der Waals surface area contributed by atoms with Gasteiger partial charge < -0.3 is 10.1 Å². The number of thiazole rings is 1. The highest BCUT2D eigenvalue weighted by atomic mass is 32.1. The Balaban J connectivity index is 1.35. The maximum absolute atomic E-state index is 13.4. The van der Waals surface area contributed by atoms with E-state index in [0.29, 0.717) is 35.0 Å². The summed E-state index contributed by atoms with van der Waals surface area (Å²) in [5.41, 5.74) is 2.56. The van der Waals surface area contributed by atoms with E-state index < -0.39 is 17.5 Å². The molecule has 29 heavy (non-hydrogen) atoms. The van der Waals surface area contributed by atoms with Crippen molar-refractivity contribution in [1.82, 2.24) is 4.98 Å². The van der Waals surface area contributed by atoms with E-state index >= 15 is 0 Å². The van der Waals surface area contributed by atoms with E-state index in [0.717, 1.165) is 23.4 Å². The van der Waals surface area contributed by atoms with Gasteiger partial charge in [-0.25, -0.2) is 13.8 Å². The molecule has 3 aromatic rings. The molecule has 0 saturated heterocycles. The molecule has 9 heteroatoms. The molecule has 1 aliphatic heterocycles. The molecular formula is C20H15F2N3O3S. The third-order valence-electron chi connectivity index (χ3n) is 4.31. The lowest BCUT2D eigenvalue weighted by atomic mass is 10.0. The molecule has 1 aliphatic rings. The molecule has 2 heterocycles. The number of ether oxygens (including phenoxy) is 1. The monoisotopic (exact) mass is 415 g/mol. The van der Waals surface area contributed by atoms with Gasteiger partial charge in [0.15, 0.2) is 23.4 Å². The molecule has 2 aromatic carbocycles. The number of amides is 2. The molecule has 2 N–H and O–H groups in total. The first-order chi connectivity index (χ1) is 14.0. The van der Waals surface area contributed by atoms with Crippen LogP contribution in [0, 0.1) is 11.6 Å². The number of aromatic nitrogens is 1. The Morgan fingerprint density at radius 3 is 2.86 bits per heavy atom. The van der Waals surface area contributed by atoms with Crippen molar-refractivity contribution in [3.8, 4) is 17.0 Å². The van der Waals surface area contributed by atoms with Crippen LogP contribution in [0.1, 0.15) is 12.0 Å². The van der Waals surface area contributed by atoms with Crippen LogP contribution in [-0.2, 0) is 16.0 Å². The van der Waals surface area contributed by atoms with E-state index in [9.17, 15) is 18.4 Å². The van der Waals surface area contributed by atoms with E-state index in [1.807, 2.05) is 0 Å². The van der Waals surface area contributed by atoms with Crippen LogP contribution in [0.3, 0.4) is 0 Å². The third-order valence-corrected chi connectivity index (χ3v) is 5.07. The summed E-state index contributed by atoms with van der Waals surface area (Å²) >= 11 is 1.17. The van der Waals surface area contributed by atoms with Gasteiger partial charge in [-0.1, -0.05) is 0 Å². The fraction of sp³-hybridized carbons (Fsp3) is 0.150. The fourth-order valence-electron chi connectivity index (χ4n) is 2.87. The molecule has 6 nitrogen and oxygen atoms in total. The van der Waals surface area contributed by atoms with E-state index in [4.69, 9.17) is 4.74 Å². The van der Waals surface area contributed by atoms with Gasteiger partial charge in [-0.05, 0) is 48.4 Å². The van der Waals surface area contributed by atoms with E-state index in [1.165, 1.54) is 17.4 Å². The van der Waals surface area contributed by atoms with Gasteiger partial charge in [0, 0.05) is 23.1 Å². The van der Waals surface area contributed by atoms with Crippen LogP contribution >= 0.6 is 11.3 Å². The maximum Gasteiger partial charge on any atom is 0.264 e. The standard InChI is InChI=1S/C20H15F2N3O3S/c21-14-4-1-12(8-15(14)22)17-10-29-20(24-17)25-19(27)9-28-13-3-5-16-11(7-13)2-6-18(26)23-16/h1,3-5,7-8,10H,2,6,9H2,(H,23,26)(H,24,25,27). The summed E-state index contributed by atoms with van der Waals surface area (Å²) in [5, 5.41) is 7.36. The predicted molar refractivity (Wildman–Crippen MR) is 105 cm³/mol. The fourth-order valence-corrected chi connectivity index (χ4v) is 3.61. The van der Waals surface area contributed by atoms with Gasteiger partial charge in [0.1, 0.15) is 5.75 Å². The zero-order valence-corrected chi connectivity index (χ0v) is 15.8. The van der Waals surface area contributed by atoms with Gasteiger partial charge in [0.05, 0.1) is 5.69 Å². The summed E-state index contributed by atoms with van der Waals surface area (Å²) < 4.78 is 31.9. The molecule has 0 bridgehead atoms. The Morgan fingerprint density at radius 1 is 1.17 bits per heavy atom. The average molecular weight is 415 g/mol. The van der Waals surface area contributed by atoms with Crippen molar-refractivity contribution < 1.29 is 23.1 Å². The number of rotatable bonds is 5. The highest BCUT2D eigenvalue weighted by Crippen LogP contribution is 2.28. The van der Waals surface area contributed by atoms with Gasteiger partial charge in [-0.2, -0.15) is 0 Å². The summed E-state index contributed by atoms with van der Waals surface area (Å²) in [7, 11) is 0. The van der Waals surface area contributed by atoms with Crippen LogP contribution in [0.4, 0.5) is 19.6 Å². The van der Waals surface area contributed by atoms with Gasteiger partial charge >= 0.3 is 0 Å². The number of hydrogen-bond acceptors (Lipinski definition) is 5. The van der Waals surface area contributed by atoms with Gasteiger partial charge in [0.2, 0.25) is 5.91 Å². The summed E-state index contributed by atoms with van der Waals surface area (Å²) in [6.07, 6.45) is 1.04. The number of nitrogens with one attached hydrogen (secondary N) is 2. The average Bonchev–Trinajstić information content (AvgIpc) is 3.17. The molecule has 0 spiro atoms. The zero-order valence-electron chi connectivity index (χ0n) is 15.0. The second kappa shape index (κ2) is 7.96. The first-order valence-corrected chi connectivity index (χ1v) is 9.62. The third kappa shape index (κ3) is 4.40. The second-order valence-electron chi connectivity index (χ2n) is 6.37. The molecular weight excluding hydrogens is 400 g/mol. The molecule has 148 valence electrons. The SMILES string of the molecule is O=C(COc1ccc2c(c1)CCC(=O)N2)Nc1nc(-c2ccc(F)c(F)c2)cs1. The van der Waals surface area contributed by atoms with Crippen molar-refractivity contribution in [3.63, 3.8) is 0 Å². The Bertz CT molecular complexity index is 1100. The molecule has 2 amide bonds. The molecule has 4 rings (SSSR count). The zero-order chi connectivity index (χ0) is 20.4. The topological polar surface area (TPSA) is 80.3 Å². The Morgan fingerprint density at radius 2 is 2.03 bits per heavy atom. The molecule has 1 aromatic heterocycles. The number of aryl methyl sites for hydroxylation is 1. The minimum absolute atomic E-state index is 0.0169. The summed E-state index contributed by atoms with van der Waals surface area (Å²) in [6, 6.07) is 8.72. The Kier molecular flexibility index (Phi) is 5.22.